The lowest BCUT2D eigenvalue weighted by molar-refractivity contribution is 0.0994. The molecule has 0 radical (unpaired) electrons. The maximum atomic E-state index is 10.8. The summed E-state index contributed by atoms with van der Waals surface area (Å²) in [5.41, 5.74) is 5.71. The van der Waals surface area contributed by atoms with E-state index in [1.54, 1.807) is 12.1 Å². The van der Waals surface area contributed by atoms with Gasteiger partial charge in [0.05, 0.1) is 0 Å². The molecule has 1 aromatic rings. The fourth-order valence-corrected chi connectivity index (χ4v) is 1.94. The first kappa shape index (κ1) is 11.8. The number of nitrogens with zero attached hydrogens (tertiary/aromatic N) is 2. The summed E-state index contributed by atoms with van der Waals surface area (Å²) < 4.78 is 0. The van der Waals surface area contributed by atoms with E-state index in [2.05, 4.69) is 29.4 Å². The van der Waals surface area contributed by atoms with E-state index in [0.29, 0.717) is 17.2 Å². The van der Waals surface area contributed by atoms with Crippen molar-refractivity contribution < 1.29 is 4.79 Å². The van der Waals surface area contributed by atoms with Crippen LogP contribution in [0.1, 0.15) is 37.2 Å². The summed E-state index contributed by atoms with van der Waals surface area (Å²) in [7, 11) is 0. The van der Waals surface area contributed by atoms with Crippen molar-refractivity contribution in [1.82, 2.24) is 10.2 Å². The van der Waals surface area contributed by atoms with E-state index in [1.807, 2.05) is 0 Å². The van der Waals surface area contributed by atoms with Crippen molar-refractivity contribution in [3.05, 3.63) is 17.8 Å². The van der Waals surface area contributed by atoms with Gasteiger partial charge in [-0.25, -0.2) is 0 Å². The number of hydrogen-bond acceptors (Lipinski definition) is 4. The first-order valence-corrected chi connectivity index (χ1v) is 5.91. The molecule has 92 valence electrons. The first-order valence-electron chi connectivity index (χ1n) is 5.91. The zero-order valence-electron chi connectivity index (χ0n) is 10.2. The number of carbonyl (C=O) groups is 1. The number of nitrogens with two attached hydrogens (primary N) is 1. The summed E-state index contributed by atoms with van der Waals surface area (Å²) in [5, 5.41) is 11.0. The quantitative estimate of drug-likeness (QED) is 0.807. The number of anilines is 1. The average molecular weight is 234 g/mol. The number of aromatic nitrogens is 2. The number of nitrogens with one attached hydrogen (secondary N) is 1. The Labute approximate surface area is 101 Å². The Morgan fingerprint density at radius 2 is 2.18 bits per heavy atom. The lowest BCUT2D eigenvalue weighted by Crippen LogP contribution is -2.22. The molecule has 2 rings (SSSR count). The fourth-order valence-electron chi connectivity index (χ4n) is 1.94. The summed E-state index contributed by atoms with van der Waals surface area (Å²) in [6, 6.07) is 3.33. The van der Waals surface area contributed by atoms with Crippen molar-refractivity contribution in [1.29, 1.82) is 0 Å². The van der Waals surface area contributed by atoms with Crippen molar-refractivity contribution >= 4 is 11.7 Å². The zero-order valence-corrected chi connectivity index (χ0v) is 10.2. The standard InChI is InChI=1S/C12H18N4O/c1-8(2)12(5-6-12)7-14-10-4-3-9(11(13)17)15-16-10/h3-4,8H,5-7H2,1-2H3,(H2,13,17)(H,14,16). The lowest BCUT2D eigenvalue weighted by atomic mass is 9.92. The third-order valence-electron chi connectivity index (χ3n) is 3.66. The highest BCUT2D eigenvalue weighted by molar-refractivity contribution is 5.90. The van der Waals surface area contributed by atoms with Crippen LogP contribution < -0.4 is 11.1 Å². The molecule has 0 aliphatic heterocycles. The summed E-state index contributed by atoms with van der Waals surface area (Å²) in [4.78, 5) is 10.8. The monoisotopic (exact) mass is 234 g/mol. The molecule has 0 saturated heterocycles. The highest BCUT2D eigenvalue weighted by atomic mass is 16.1. The van der Waals surface area contributed by atoms with Crippen LogP contribution in [0.5, 0.6) is 0 Å². The van der Waals surface area contributed by atoms with Crippen molar-refractivity contribution in [2.75, 3.05) is 11.9 Å². The topological polar surface area (TPSA) is 80.9 Å². The predicted molar refractivity (Wildman–Crippen MR) is 65.5 cm³/mol. The summed E-state index contributed by atoms with van der Waals surface area (Å²) >= 11 is 0. The Bertz CT molecular complexity index is 409. The Hall–Kier alpha value is -1.65. The van der Waals surface area contributed by atoms with Gasteiger partial charge in [-0.3, -0.25) is 4.79 Å². The van der Waals surface area contributed by atoms with Crippen LogP contribution in [-0.4, -0.2) is 22.6 Å². The Morgan fingerprint density at radius 3 is 2.59 bits per heavy atom. The van der Waals surface area contributed by atoms with E-state index in [1.165, 1.54) is 12.8 Å². The SMILES string of the molecule is CC(C)C1(CNc2ccc(C(N)=O)nn2)CC1. The maximum Gasteiger partial charge on any atom is 0.269 e. The highest BCUT2D eigenvalue weighted by Crippen LogP contribution is 2.51. The third kappa shape index (κ3) is 2.54. The van der Waals surface area contributed by atoms with Gasteiger partial charge in [0.25, 0.3) is 5.91 Å². The second-order valence-electron chi connectivity index (χ2n) is 5.04. The molecular formula is C12H18N4O. The summed E-state index contributed by atoms with van der Waals surface area (Å²) in [5.74, 6) is 0.819. The molecule has 5 heteroatoms. The van der Waals surface area contributed by atoms with E-state index >= 15 is 0 Å². The molecular weight excluding hydrogens is 216 g/mol. The molecule has 0 unspecified atom stereocenters. The number of carbonyl (C=O) groups excluding carboxylic acids is 1. The van der Waals surface area contributed by atoms with Gasteiger partial charge in [0.15, 0.2) is 5.69 Å². The zero-order chi connectivity index (χ0) is 12.5. The third-order valence-corrected chi connectivity index (χ3v) is 3.66. The molecule has 1 fully saturated rings. The Kier molecular flexibility index (Phi) is 3.00. The minimum absolute atomic E-state index is 0.195. The van der Waals surface area contributed by atoms with E-state index in [9.17, 15) is 4.79 Å². The van der Waals surface area contributed by atoms with Crippen LogP contribution in [0.2, 0.25) is 0 Å². The minimum Gasteiger partial charge on any atom is -0.368 e. The number of rotatable bonds is 5. The molecule has 5 nitrogen and oxygen atoms in total. The molecule has 1 saturated carbocycles. The second kappa shape index (κ2) is 4.31. The van der Waals surface area contributed by atoms with Gasteiger partial charge < -0.3 is 11.1 Å². The van der Waals surface area contributed by atoms with Gasteiger partial charge in [0.1, 0.15) is 5.82 Å². The number of amides is 1. The van der Waals surface area contributed by atoms with Crippen LogP contribution in [0.15, 0.2) is 12.1 Å². The largest absolute Gasteiger partial charge is 0.368 e. The van der Waals surface area contributed by atoms with Gasteiger partial charge in [0.2, 0.25) is 0 Å². The van der Waals surface area contributed by atoms with Crippen molar-refractivity contribution in [3.8, 4) is 0 Å². The van der Waals surface area contributed by atoms with Crippen LogP contribution in [0.25, 0.3) is 0 Å². The Morgan fingerprint density at radius 1 is 1.47 bits per heavy atom. The van der Waals surface area contributed by atoms with Gasteiger partial charge in [-0.15, -0.1) is 10.2 Å². The molecule has 3 N–H and O–H groups in total. The van der Waals surface area contributed by atoms with E-state index < -0.39 is 5.91 Å². The summed E-state index contributed by atoms with van der Waals surface area (Å²) in [6.07, 6.45) is 2.54. The molecule has 0 spiro atoms. The van der Waals surface area contributed by atoms with Crippen molar-refractivity contribution in [2.45, 2.75) is 26.7 Å². The average Bonchev–Trinajstić information content (AvgIpc) is 3.08. The predicted octanol–water partition coefficient (Wildman–Crippen LogP) is 1.42. The molecule has 1 amide bonds. The van der Waals surface area contributed by atoms with E-state index in [-0.39, 0.29) is 5.69 Å². The lowest BCUT2D eigenvalue weighted by Gasteiger charge is -2.20. The van der Waals surface area contributed by atoms with Gasteiger partial charge in [-0.1, -0.05) is 13.8 Å². The summed E-state index contributed by atoms with van der Waals surface area (Å²) in [6.45, 7) is 5.41. The maximum absolute atomic E-state index is 10.8. The van der Waals surface area contributed by atoms with Crippen LogP contribution >= 0.6 is 0 Å². The normalized spacial score (nSPS) is 16.9. The van der Waals surface area contributed by atoms with Gasteiger partial charge in [-0.05, 0) is 36.3 Å². The van der Waals surface area contributed by atoms with Crippen molar-refractivity contribution in [3.63, 3.8) is 0 Å². The van der Waals surface area contributed by atoms with E-state index in [4.69, 9.17) is 5.73 Å². The van der Waals surface area contributed by atoms with Crippen LogP contribution in [-0.2, 0) is 0 Å². The van der Waals surface area contributed by atoms with Crippen molar-refractivity contribution in [2.24, 2.45) is 17.1 Å². The van der Waals surface area contributed by atoms with Crippen LogP contribution in [0.4, 0.5) is 5.82 Å². The highest BCUT2D eigenvalue weighted by Gasteiger charge is 2.44. The second-order valence-corrected chi connectivity index (χ2v) is 5.04. The van der Waals surface area contributed by atoms with Gasteiger partial charge >= 0.3 is 0 Å². The van der Waals surface area contributed by atoms with Crippen LogP contribution in [0, 0.1) is 11.3 Å². The van der Waals surface area contributed by atoms with Crippen LogP contribution in [0.3, 0.4) is 0 Å². The minimum atomic E-state index is -0.551. The molecule has 0 aromatic carbocycles. The molecule has 1 aliphatic carbocycles. The van der Waals surface area contributed by atoms with Gasteiger partial charge in [-0.2, -0.15) is 0 Å². The molecule has 1 aliphatic rings. The molecule has 17 heavy (non-hydrogen) atoms. The van der Waals surface area contributed by atoms with Gasteiger partial charge in [0, 0.05) is 6.54 Å². The Balaban J connectivity index is 1.94. The molecule has 0 atom stereocenters. The molecule has 0 bridgehead atoms. The fraction of sp³-hybridized carbons (Fsp3) is 0.583. The number of primary amides is 1. The van der Waals surface area contributed by atoms with E-state index in [0.717, 1.165) is 6.54 Å². The number of hydrogen-bond donors (Lipinski definition) is 2. The molecule has 1 heterocycles. The smallest absolute Gasteiger partial charge is 0.269 e. The molecule has 1 aromatic heterocycles. The first-order chi connectivity index (χ1) is 8.03.